The molecule has 3 rings (SSSR count). The fourth-order valence-electron chi connectivity index (χ4n) is 1.83. The van der Waals surface area contributed by atoms with Crippen LogP contribution in [0.2, 0.25) is 0 Å². The summed E-state index contributed by atoms with van der Waals surface area (Å²) in [5, 5.41) is 0.600. The number of aromatic nitrogens is 2. The van der Waals surface area contributed by atoms with Gasteiger partial charge in [-0.2, -0.15) is 0 Å². The highest BCUT2D eigenvalue weighted by atomic mass is 79.9. The highest BCUT2D eigenvalue weighted by Crippen LogP contribution is 2.26. The molecule has 0 spiro atoms. The summed E-state index contributed by atoms with van der Waals surface area (Å²) >= 11 is 3.37. The Labute approximate surface area is 106 Å². The Morgan fingerprint density at radius 3 is 2.82 bits per heavy atom. The zero-order valence-corrected chi connectivity index (χ0v) is 10.3. The maximum Gasteiger partial charge on any atom is 0.132 e. The Balaban J connectivity index is 2.22. The fourth-order valence-corrected chi connectivity index (χ4v) is 2.20. The molecule has 3 aromatic rings. The van der Waals surface area contributed by atoms with E-state index in [0.717, 1.165) is 21.2 Å². The molecule has 0 fully saturated rings. The molecule has 17 heavy (non-hydrogen) atoms. The van der Waals surface area contributed by atoms with Gasteiger partial charge in [0, 0.05) is 39.0 Å². The molecule has 0 aliphatic carbocycles. The van der Waals surface area contributed by atoms with Gasteiger partial charge in [-0.1, -0.05) is 6.07 Å². The first-order chi connectivity index (χ1) is 8.24. The van der Waals surface area contributed by atoms with Crippen LogP contribution >= 0.6 is 15.9 Å². The van der Waals surface area contributed by atoms with Gasteiger partial charge >= 0.3 is 0 Å². The van der Waals surface area contributed by atoms with Crippen molar-refractivity contribution in [3.8, 4) is 11.3 Å². The average Bonchev–Trinajstić information content (AvgIpc) is 2.74. The standard InChI is InChI=1S/C13H8BrFN2/c14-9-4-8(6-16-7-9)13-5-10-11(15)2-1-3-12(10)17-13/h1-7,17H. The molecule has 2 nitrogen and oxygen atoms in total. The van der Waals surface area contributed by atoms with Crippen LogP contribution in [0.3, 0.4) is 0 Å². The monoisotopic (exact) mass is 290 g/mol. The number of rotatable bonds is 1. The lowest BCUT2D eigenvalue weighted by Gasteiger charge is -1.96. The lowest BCUT2D eigenvalue weighted by atomic mass is 10.2. The zero-order chi connectivity index (χ0) is 11.8. The van der Waals surface area contributed by atoms with E-state index in [0.29, 0.717) is 5.39 Å². The Kier molecular flexibility index (Phi) is 2.44. The third kappa shape index (κ3) is 1.85. The van der Waals surface area contributed by atoms with Crippen molar-refractivity contribution in [2.24, 2.45) is 0 Å². The van der Waals surface area contributed by atoms with Gasteiger partial charge in [-0.05, 0) is 40.2 Å². The Hall–Kier alpha value is -1.68. The van der Waals surface area contributed by atoms with E-state index in [1.165, 1.54) is 6.07 Å². The van der Waals surface area contributed by atoms with Crippen LogP contribution in [0.4, 0.5) is 4.39 Å². The smallest absolute Gasteiger partial charge is 0.132 e. The average molecular weight is 291 g/mol. The number of hydrogen-bond acceptors (Lipinski definition) is 1. The summed E-state index contributed by atoms with van der Waals surface area (Å²) in [6.45, 7) is 0. The number of pyridine rings is 1. The second-order valence-electron chi connectivity index (χ2n) is 3.78. The van der Waals surface area contributed by atoms with Crippen molar-refractivity contribution in [1.82, 2.24) is 9.97 Å². The molecular formula is C13H8BrFN2. The molecular weight excluding hydrogens is 283 g/mol. The van der Waals surface area contributed by atoms with Gasteiger partial charge in [-0.25, -0.2) is 4.39 Å². The van der Waals surface area contributed by atoms with E-state index in [9.17, 15) is 4.39 Å². The summed E-state index contributed by atoms with van der Waals surface area (Å²) in [4.78, 5) is 7.27. The van der Waals surface area contributed by atoms with E-state index in [2.05, 4.69) is 25.9 Å². The van der Waals surface area contributed by atoms with Crippen molar-refractivity contribution >= 4 is 26.8 Å². The van der Waals surface area contributed by atoms with Crippen LogP contribution in [0.15, 0.2) is 47.2 Å². The molecule has 84 valence electrons. The molecule has 0 bridgehead atoms. The Morgan fingerprint density at radius 2 is 2.06 bits per heavy atom. The van der Waals surface area contributed by atoms with Gasteiger partial charge < -0.3 is 4.98 Å². The Morgan fingerprint density at radius 1 is 1.18 bits per heavy atom. The summed E-state index contributed by atoms with van der Waals surface area (Å²) in [6, 6.07) is 8.74. The molecule has 2 heterocycles. The minimum atomic E-state index is -0.215. The van der Waals surface area contributed by atoms with Gasteiger partial charge in [0.25, 0.3) is 0 Å². The second kappa shape index (κ2) is 3.96. The van der Waals surface area contributed by atoms with Gasteiger partial charge in [0.15, 0.2) is 0 Å². The molecule has 0 aliphatic heterocycles. The largest absolute Gasteiger partial charge is 0.354 e. The number of benzene rings is 1. The van der Waals surface area contributed by atoms with Gasteiger partial charge in [-0.3, -0.25) is 4.98 Å². The first-order valence-corrected chi connectivity index (χ1v) is 5.91. The van der Waals surface area contributed by atoms with Crippen LogP contribution in [0.25, 0.3) is 22.2 Å². The number of H-pyrrole nitrogens is 1. The number of halogens is 2. The van der Waals surface area contributed by atoms with Crippen molar-refractivity contribution in [1.29, 1.82) is 0 Å². The molecule has 0 amide bonds. The van der Waals surface area contributed by atoms with E-state index < -0.39 is 0 Å². The highest BCUT2D eigenvalue weighted by Gasteiger charge is 2.07. The lowest BCUT2D eigenvalue weighted by molar-refractivity contribution is 0.640. The highest BCUT2D eigenvalue weighted by molar-refractivity contribution is 9.10. The fraction of sp³-hybridized carbons (Fsp3) is 0. The van der Waals surface area contributed by atoms with Gasteiger partial charge in [-0.15, -0.1) is 0 Å². The first-order valence-electron chi connectivity index (χ1n) is 5.12. The molecule has 2 aromatic heterocycles. The molecule has 4 heteroatoms. The third-order valence-corrected chi connectivity index (χ3v) is 3.06. The maximum atomic E-state index is 13.5. The van der Waals surface area contributed by atoms with Crippen molar-refractivity contribution < 1.29 is 4.39 Å². The predicted molar refractivity (Wildman–Crippen MR) is 69.2 cm³/mol. The van der Waals surface area contributed by atoms with Crippen LogP contribution in [-0.4, -0.2) is 9.97 Å². The Bertz CT molecular complexity index is 691. The van der Waals surface area contributed by atoms with Crippen molar-refractivity contribution in [2.45, 2.75) is 0 Å². The number of nitrogens with zero attached hydrogens (tertiary/aromatic N) is 1. The van der Waals surface area contributed by atoms with E-state index in [-0.39, 0.29) is 5.82 Å². The van der Waals surface area contributed by atoms with Gasteiger partial charge in [0.05, 0.1) is 0 Å². The number of hydrogen-bond donors (Lipinski definition) is 1. The van der Waals surface area contributed by atoms with E-state index >= 15 is 0 Å². The number of fused-ring (bicyclic) bond motifs is 1. The molecule has 0 atom stereocenters. The van der Waals surface area contributed by atoms with Crippen molar-refractivity contribution in [2.75, 3.05) is 0 Å². The van der Waals surface area contributed by atoms with Crippen LogP contribution in [0, 0.1) is 5.82 Å². The van der Waals surface area contributed by atoms with Crippen LogP contribution in [0.5, 0.6) is 0 Å². The van der Waals surface area contributed by atoms with E-state index in [1.54, 1.807) is 24.5 Å². The second-order valence-corrected chi connectivity index (χ2v) is 4.69. The molecule has 0 aliphatic rings. The summed E-state index contributed by atoms with van der Waals surface area (Å²) in [5.41, 5.74) is 2.58. The summed E-state index contributed by atoms with van der Waals surface area (Å²) in [5.74, 6) is -0.215. The number of aromatic amines is 1. The van der Waals surface area contributed by atoms with E-state index in [4.69, 9.17) is 0 Å². The number of nitrogens with one attached hydrogen (secondary N) is 1. The normalized spacial score (nSPS) is 10.9. The van der Waals surface area contributed by atoms with Crippen LogP contribution in [0.1, 0.15) is 0 Å². The lowest BCUT2D eigenvalue weighted by Crippen LogP contribution is -1.79. The zero-order valence-electron chi connectivity index (χ0n) is 8.74. The minimum absolute atomic E-state index is 0.215. The minimum Gasteiger partial charge on any atom is -0.354 e. The third-order valence-electron chi connectivity index (χ3n) is 2.63. The van der Waals surface area contributed by atoms with Crippen LogP contribution < -0.4 is 0 Å². The predicted octanol–water partition coefficient (Wildman–Crippen LogP) is 4.13. The molecule has 0 unspecified atom stereocenters. The molecule has 0 radical (unpaired) electrons. The van der Waals surface area contributed by atoms with Crippen LogP contribution in [-0.2, 0) is 0 Å². The summed E-state index contributed by atoms with van der Waals surface area (Å²) < 4.78 is 14.4. The SMILES string of the molecule is Fc1cccc2[nH]c(-c3cncc(Br)c3)cc12. The summed E-state index contributed by atoms with van der Waals surface area (Å²) in [6.07, 6.45) is 3.46. The quantitative estimate of drug-likeness (QED) is 0.717. The topological polar surface area (TPSA) is 28.7 Å². The molecule has 0 saturated heterocycles. The van der Waals surface area contributed by atoms with Crippen molar-refractivity contribution in [3.05, 3.63) is 53.0 Å². The van der Waals surface area contributed by atoms with Gasteiger partial charge in [0.1, 0.15) is 5.82 Å². The van der Waals surface area contributed by atoms with Crippen molar-refractivity contribution in [3.63, 3.8) is 0 Å². The molecule has 1 aromatic carbocycles. The maximum absolute atomic E-state index is 13.5. The molecule has 0 saturated carbocycles. The van der Waals surface area contributed by atoms with E-state index in [1.807, 2.05) is 12.1 Å². The first kappa shape index (κ1) is 10.5. The van der Waals surface area contributed by atoms with Gasteiger partial charge in [0.2, 0.25) is 0 Å². The summed E-state index contributed by atoms with van der Waals surface area (Å²) in [7, 11) is 0. The molecule has 1 N–H and O–H groups in total.